The summed E-state index contributed by atoms with van der Waals surface area (Å²) in [4.78, 5) is 34.5. The number of benzene rings is 1. The van der Waals surface area contributed by atoms with Crippen molar-refractivity contribution in [3.63, 3.8) is 0 Å². The Morgan fingerprint density at radius 1 is 1.13 bits per heavy atom. The molecule has 1 amide bonds. The molecule has 0 aliphatic carbocycles. The highest BCUT2D eigenvalue weighted by atomic mass is 16.2. The fourth-order valence-electron chi connectivity index (χ4n) is 3.93. The van der Waals surface area contributed by atoms with Crippen LogP contribution < -0.4 is 15.8 Å². The molecule has 4 heterocycles. The lowest BCUT2D eigenvalue weighted by Crippen LogP contribution is -2.39. The molecule has 5 rings (SSSR count). The molecule has 31 heavy (non-hydrogen) atoms. The zero-order chi connectivity index (χ0) is 21.4. The van der Waals surface area contributed by atoms with Crippen molar-refractivity contribution in [2.75, 3.05) is 18.0 Å². The smallest absolute Gasteiger partial charge is 0.261 e. The standard InChI is InChI=1S/C23H22N6O2/c1-15-13-24-20-9-10-21(27-29(15)20)28-12-11-17(14-28)25-22(30)18-7-8-19(26-23(18)31)16-5-3-2-4-6-16/h2-10,13,17H,11-12,14H2,1H3,(H,25,30)(H,26,31)/t17-/m0/s1. The summed E-state index contributed by atoms with van der Waals surface area (Å²) in [6.07, 6.45) is 2.58. The summed E-state index contributed by atoms with van der Waals surface area (Å²) in [5, 5.41) is 7.64. The first-order valence-electron chi connectivity index (χ1n) is 10.2. The molecule has 1 aromatic carbocycles. The molecule has 2 N–H and O–H groups in total. The number of anilines is 1. The number of pyridine rings is 1. The Bertz CT molecular complexity index is 1310. The van der Waals surface area contributed by atoms with E-state index < -0.39 is 5.56 Å². The lowest BCUT2D eigenvalue weighted by molar-refractivity contribution is 0.0939. The summed E-state index contributed by atoms with van der Waals surface area (Å²) in [5.74, 6) is 0.483. The highest BCUT2D eigenvalue weighted by molar-refractivity contribution is 5.94. The van der Waals surface area contributed by atoms with Gasteiger partial charge in [-0.15, -0.1) is 5.10 Å². The number of imidazole rings is 1. The maximum atomic E-state index is 12.7. The summed E-state index contributed by atoms with van der Waals surface area (Å²) >= 11 is 0. The summed E-state index contributed by atoms with van der Waals surface area (Å²) in [7, 11) is 0. The lowest BCUT2D eigenvalue weighted by Gasteiger charge is -2.18. The van der Waals surface area contributed by atoms with Crippen molar-refractivity contribution in [3.8, 4) is 11.3 Å². The van der Waals surface area contributed by atoms with Gasteiger partial charge in [0.25, 0.3) is 11.5 Å². The maximum Gasteiger partial charge on any atom is 0.261 e. The molecule has 0 bridgehead atoms. The molecule has 3 aromatic heterocycles. The molecule has 0 unspecified atom stereocenters. The van der Waals surface area contributed by atoms with Crippen LogP contribution in [0.5, 0.6) is 0 Å². The number of carbonyl (C=O) groups is 1. The minimum Gasteiger partial charge on any atom is -0.353 e. The van der Waals surface area contributed by atoms with Crippen molar-refractivity contribution in [2.24, 2.45) is 0 Å². The third-order valence-corrected chi connectivity index (χ3v) is 5.61. The molecule has 0 radical (unpaired) electrons. The van der Waals surface area contributed by atoms with Gasteiger partial charge in [-0.2, -0.15) is 0 Å². The number of rotatable bonds is 4. The van der Waals surface area contributed by atoms with E-state index in [-0.39, 0.29) is 17.5 Å². The Morgan fingerprint density at radius 2 is 1.97 bits per heavy atom. The molecule has 4 aromatic rings. The normalized spacial score (nSPS) is 16.0. The second-order valence-corrected chi connectivity index (χ2v) is 7.75. The van der Waals surface area contributed by atoms with Crippen molar-refractivity contribution < 1.29 is 4.79 Å². The summed E-state index contributed by atoms with van der Waals surface area (Å²) in [5.41, 5.74) is 3.09. The Kier molecular flexibility index (Phi) is 4.74. The van der Waals surface area contributed by atoms with E-state index in [0.717, 1.165) is 35.7 Å². The zero-order valence-corrected chi connectivity index (χ0v) is 17.1. The molecule has 1 aliphatic heterocycles. The summed E-state index contributed by atoms with van der Waals surface area (Å²) in [6.45, 7) is 3.38. The van der Waals surface area contributed by atoms with Crippen molar-refractivity contribution in [3.05, 3.63) is 82.4 Å². The Hall–Kier alpha value is -3.94. The van der Waals surface area contributed by atoms with Crippen LogP contribution in [0.15, 0.2) is 65.6 Å². The van der Waals surface area contributed by atoms with E-state index in [1.54, 1.807) is 18.3 Å². The largest absolute Gasteiger partial charge is 0.353 e. The van der Waals surface area contributed by atoms with Crippen molar-refractivity contribution in [1.29, 1.82) is 0 Å². The monoisotopic (exact) mass is 414 g/mol. The van der Waals surface area contributed by atoms with Crippen molar-refractivity contribution >= 4 is 17.4 Å². The number of hydrogen-bond donors (Lipinski definition) is 2. The van der Waals surface area contributed by atoms with Crippen LogP contribution in [0.3, 0.4) is 0 Å². The molecule has 1 atom stereocenters. The Morgan fingerprint density at radius 3 is 2.77 bits per heavy atom. The number of aryl methyl sites for hydroxylation is 1. The first-order chi connectivity index (χ1) is 15.1. The molecule has 0 saturated carbocycles. The van der Waals surface area contributed by atoms with Crippen LogP contribution in [-0.2, 0) is 0 Å². The fourth-order valence-corrected chi connectivity index (χ4v) is 3.93. The topological polar surface area (TPSA) is 95.4 Å². The molecule has 0 spiro atoms. The second kappa shape index (κ2) is 7.71. The van der Waals surface area contributed by atoms with Gasteiger partial charge in [-0.25, -0.2) is 9.50 Å². The molecule has 1 fully saturated rings. The maximum absolute atomic E-state index is 12.7. The third-order valence-electron chi connectivity index (χ3n) is 5.61. The van der Waals surface area contributed by atoms with Crippen LogP contribution in [-0.4, -0.2) is 44.6 Å². The van der Waals surface area contributed by atoms with Crippen LogP contribution in [0, 0.1) is 6.92 Å². The Balaban J connectivity index is 1.28. The number of H-pyrrole nitrogens is 1. The zero-order valence-electron chi connectivity index (χ0n) is 17.1. The number of hydrogen-bond acceptors (Lipinski definition) is 5. The van der Waals surface area contributed by atoms with E-state index in [2.05, 4.69) is 25.3 Å². The van der Waals surface area contributed by atoms with Gasteiger partial charge in [-0.3, -0.25) is 9.59 Å². The number of nitrogens with zero attached hydrogens (tertiary/aromatic N) is 4. The van der Waals surface area contributed by atoms with Crippen molar-refractivity contribution in [2.45, 2.75) is 19.4 Å². The quantitative estimate of drug-likeness (QED) is 0.535. The van der Waals surface area contributed by atoms with E-state index in [4.69, 9.17) is 0 Å². The van der Waals surface area contributed by atoms with Crippen LogP contribution >= 0.6 is 0 Å². The lowest BCUT2D eigenvalue weighted by atomic mass is 10.1. The number of nitrogens with one attached hydrogen (secondary N) is 2. The van der Waals surface area contributed by atoms with Crippen LogP contribution in [0.25, 0.3) is 16.9 Å². The van der Waals surface area contributed by atoms with Gasteiger partial charge < -0.3 is 15.2 Å². The predicted molar refractivity (Wildman–Crippen MR) is 118 cm³/mol. The minimum absolute atomic E-state index is 0.0536. The number of aromatic nitrogens is 4. The van der Waals surface area contributed by atoms with E-state index >= 15 is 0 Å². The number of aromatic amines is 1. The number of amides is 1. The fraction of sp³-hybridized carbons (Fsp3) is 0.217. The highest BCUT2D eigenvalue weighted by Gasteiger charge is 2.26. The van der Waals surface area contributed by atoms with Crippen molar-refractivity contribution in [1.82, 2.24) is 24.9 Å². The molecule has 8 nitrogen and oxygen atoms in total. The summed E-state index contributed by atoms with van der Waals surface area (Å²) < 4.78 is 1.81. The number of fused-ring (bicyclic) bond motifs is 1. The highest BCUT2D eigenvalue weighted by Crippen LogP contribution is 2.19. The van der Waals surface area contributed by atoms with E-state index in [1.807, 2.05) is 53.9 Å². The van der Waals surface area contributed by atoms with Crippen LogP contribution in [0.2, 0.25) is 0 Å². The SMILES string of the molecule is Cc1cnc2ccc(N3CC[C@H](NC(=O)c4ccc(-c5ccccc5)[nH]c4=O)C3)nn12. The van der Waals surface area contributed by atoms with Gasteiger partial charge in [0.1, 0.15) is 11.4 Å². The predicted octanol–water partition coefficient (Wildman–Crippen LogP) is 2.40. The summed E-state index contributed by atoms with van der Waals surface area (Å²) in [6, 6.07) is 16.7. The molecule has 1 aliphatic rings. The Labute approximate surface area is 178 Å². The molecular formula is C23H22N6O2. The van der Waals surface area contributed by atoms with Gasteiger partial charge in [-0.1, -0.05) is 30.3 Å². The van der Waals surface area contributed by atoms with Gasteiger partial charge in [-0.05, 0) is 43.2 Å². The molecule has 8 heteroatoms. The molecule has 1 saturated heterocycles. The first kappa shape index (κ1) is 19.0. The number of carbonyl (C=O) groups excluding carboxylic acids is 1. The van der Waals surface area contributed by atoms with Gasteiger partial charge in [0.15, 0.2) is 5.65 Å². The van der Waals surface area contributed by atoms with Gasteiger partial charge in [0.05, 0.1) is 11.9 Å². The van der Waals surface area contributed by atoms with Crippen LogP contribution in [0.4, 0.5) is 5.82 Å². The molecular weight excluding hydrogens is 392 g/mol. The van der Waals surface area contributed by atoms with E-state index in [9.17, 15) is 9.59 Å². The average Bonchev–Trinajstić information content (AvgIpc) is 3.40. The van der Waals surface area contributed by atoms with Gasteiger partial charge >= 0.3 is 0 Å². The van der Waals surface area contributed by atoms with Crippen LogP contribution in [0.1, 0.15) is 22.5 Å². The first-order valence-corrected chi connectivity index (χ1v) is 10.2. The second-order valence-electron chi connectivity index (χ2n) is 7.75. The molecule has 156 valence electrons. The van der Waals surface area contributed by atoms with Gasteiger partial charge in [0, 0.05) is 24.8 Å². The minimum atomic E-state index is -0.392. The van der Waals surface area contributed by atoms with E-state index in [1.165, 1.54) is 0 Å². The van der Waals surface area contributed by atoms with Gasteiger partial charge in [0.2, 0.25) is 0 Å². The van der Waals surface area contributed by atoms with E-state index in [0.29, 0.717) is 12.2 Å². The third kappa shape index (κ3) is 3.68. The average molecular weight is 414 g/mol.